The molecule has 0 aliphatic heterocycles. The number of ether oxygens (including phenoxy) is 1. The summed E-state index contributed by atoms with van der Waals surface area (Å²) in [5.74, 6) is 0.736. The van der Waals surface area contributed by atoms with E-state index in [-0.39, 0.29) is 18.8 Å². The van der Waals surface area contributed by atoms with Crippen molar-refractivity contribution in [2.45, 2.75) is 31.9 Å². The molecule has 21 heavy (non-hydrogen) atoms. The zero-order valence-electron chi connectivity index (χ0n) is 12.4. The number of hydrogen-bond acceptors (Lipinski definition) is 3. The molecule has 0 aliphatic carbocycles. The van der Waals surface area contributed by atoms with Crippen molar-refractivity contribution < 1.29 is 9.84 Å². The first-order chi connectivity index (χ1) is 10.2. The van der Waals surface area contributed by atoms with Gasteiger partial charge in [0.1, 0.15) is 11.9 Å². The van der Waals surface area contributed by atoms with Crippen LogP contribution in [0, 0.1) is 0 Å². The molecule has 0 aromatic heterocycles. The molecule has 0 bridgehead atoms. The Balaban J connectivity index is 2.05. The van der Waals surface area contributed by atoms with Gasteiger partial charge in [0, 0.05) is 6.04 Å². The van der Waals surface area contributed by atoms with E-state index in [0.29, 0.717) is 0 Å². The van der Waals surface area contributed by atoms with Crippen LogP contribution >= 0.6 is 0 Å². The topological polar surface area (TPSA) is 55.5 Å². The Morgan fingerprint density at radius 3 is 2.19 bits per heavy atom. The van der Waals surface area contributed by atoms with Gasteiger partial charge in [-0.05, 0) is 29.7 Å². The lowest BCUT2D eigenvalue weighted by atomic mass is 10.1. The van der Waals surface area contributed by atoms with Crippen molar-refractivity contribution in [3.05, 3.63) is 54.6 Å². The molecule has 3 N–H and O–H groups in total. The minimum absolute atomic E-state index is 0.0679. The van der Waals surface area contributed by atoms with Gasteiger partial charge in [0.2, 0.25) is 0 Å². The molecule has 3 heteroatoms. The summed E-state index contributed by atoms with van der Waals surface area (Å²) in [6.45, 7) is 2.00. The first-order valence-electron chi connectivity index (χ1n) is 7.43. The molecule has 2 rings (SSSR count). The molecular formula is C18H23NO2. The van der Waals surface area contributed by atoms with Crippen LogP contribution in [0.2, 0.25) is 0 Å². The Labute approximate surface area is 126 Å². The predicted molar refractivity (Wildman–Crippen MR) is 86.3 cm³/mol. The highest BCUT2D eigenvalue weighted by molar-refractivity contribution is 5.63. The first kappa shape index (κ1) is 15.5. The molecular weight excluding hydrogens is 262 g/mol. The lowest BCUT2D eigenvalue weighted by Crippen LogP contribution is -2.41. The highest BCUT2D eigenvalue weighted by Crippen LogP contribution is 2.23. The fourth-order valence-electron chi connectivity index (χ4n) is 2.31. The SMILES string of the molecule is CCCC(N)C(CO)Oc1ccc(-c2ccccc2)cc1. The molecule has 0 saturated heterocycles. The van der Waals surface area contributed by atoms with Gasteiger partial charge >= 0.3 is 0 Å². The van der Waals surface area contributed by atoms with E-state index in [0.717, 1.165) is 24.2 Å². The maximum absolute atomic E-state index is 9.41. The van der Waals surface area contributed by atoms with Crippen molar-refractivity contribution in [2.24, 2.45) is 5.73 Å². The predicted octanol–water partition coefficient (Wildman–Crippen LogP) is 3.22. The number of rotatable bonds is 7. The molecule has 2 unspecified atom stereocenters. The Morgan fingerprint density at radius 2 is 1.62 bits per heavy atom. The van der Waals surface area contributed by atoms with Gasteiger partial charge in [0.15, 0.2) is 0 Å². The average Bonchev–Trinajstić information content (AvgIpc) is 2.54. The molecule has 0 heterocycles. The number of aliphatic hydroxyl groups excluding tert-OH is 1. The highest BCUT2D eigenvalue weighted by atomic mass is 16.5. The summed E-state index contributed by atoms with van der Waals surface area (Å²) in [5, 5.41) is 9.41. The van der Waals surface area contributed by atoms with Crippen molar-refractivity contribution >= 4 is 0 Å². The van der Waals surface area contributed by atoms with Crippen LogP contribution in [0.5, 0.6) is 5.75 Å². The number of aliphatic hydroxyl groups is 1. The van der Waals surface area contributed by atoms with E-state index in [1.807, 2.05) is 42.5 Å². The molecule has 2 atom stereocenters. The molecule has 0 radical (unpaired) electrons. The van der Waals surface area contributed by atoms with E-state index < -0.39 is 0 Å². The van der Waals surface area contributed by atoms with E-state index in [1.165, 1.54) is 5.56 Å². The van der Waals surface area contributed by atoms with E-state index in [2.05, 4.69) is 19.1 Å². The second-order valence-electron chi connectivity index (χ2n) is 5.18. The summed E-state index contributed by atoms with van der Waals surface area (Å²) in [6.07, 6.45) is 1.47. The van der Waals surface area contributed by atoms with Crippen LogP contribution in [-0.2, 0) is 0 Å². The molecule has 0 saturated carbocycles. The second kappa shape index (κ2) is 7.81. The lowest BCUT2D eigenvalue weighted by molar-refractivity contribution is 0.0917. The van der Waals surface area contributed by atoms with Gasteiger partial charge in [-0.3, -0.25) is 0 Å². The monoisotopic (exact) mass is 285 g/mol. The third-order valence-corrected chi connectivity index (χ3v) is 3.53. The van der Waals surface area contributed by atoms with Gasteiger partial charge in [-0.1, -0.05) is 55.8 Å². The summed E-state index contributed by atoms with van der Waals surface area (Å²) in [5.41, 5.74) is 8.33. The minimum atomic E-state index is -0.354. The summed E-state index contributed by atoms with van der Waals surface area (Å²) in [4.78, 5) is 0. The lowest BCUT2D eigenvalue weighted by Gasteiger charge is -2.23. The second-order valence-corrected chi connectivity index (χ2v) is 5.18. The van der Waals surface area contributed by atoms with Crippen LogP contribution in [0.4, 0.5) is 0 Å². The van der Waals surface area contributed by atoms with Crippen molar-refractivity contribution in [2.75, 3.05) is 6.61 Å². The number of benzene rings is 2. The third kappa shape index (κ3) is 4.31. The summed E-state index contributed by atoms with van der Waals surface area (Å²) < 4.78 is 5.79. The largest absolute Gasteiger partial charge is 0.486 e. The van der Waals surface area contributed by atoms with Crippen LogP contribution in [0.25, 0.3) is 11.1 Å². The molecule has 0 aliphatic rings. The summed E-state index contributed by atoms with van der Waals surface area (Å²) >= 11 is 0. The van der Waals surface area contributed by atoms with Crippen LogP contribution in [0.15, 0.2) is 54.6 Å². The van der Waals surface area contributed by atoms with Crippen molar-refractivity contribution in [1.29, 1.82) is 0 Å². The summed E-state index contributed by atoms with van der Waals surface area (Å²) in [6, 6.07) is 17.9. The Hall–Kier alpha value is -1.84. The fraction of sp³-hybridized carbons (Fsp3) is 0.333. The van der Waals surface area contributed by atoms with Gasteiger partial charge in [-0.15, -0.1) is 0 Å². The highest BCUT2D eigenvalue weighted by Gasteiger charge is 2.17. The van der Waals surface area contributed by atoms with Crippen molar-refractivity contribution in [3.8, 4) is 16.9 Å². The van der Waals surface area contributed by atoms with E-state index in [1.54, 1.807) is 0 Å². The minimum Gasteiger partial charge on any atom is -0.486 e. The van der Waals surface area contributed by atoms with Gasteiger partial charge in [0.25, 0.3) is 0 Å². The van der Waals surface area contributed by atoms with Gasteiger partial charge in [0.05, 0.1) is 6.61 Å². The molecule has 3 nitrogen and oxygen atoms in total. The smallest absolute Gasteiger partial charge is 0.137 e. The summed E-state index contributed by atoms with van der Waals surface area (Å²) in [7, 11) is 0. The van der Waals surface area contributed by atoms with Gasteiger partial charge < -0.3 is 15.6 Å². The average molecular weight is 285 g/mol. The molecule has 2 aromatic carbocycles. The van der Waals surface area contributed by atoms with Crippen LogP contribution in [0.1, 0.15) is 19.8 Å². The maximum Gasteiger partial charge on any atom is 0.137 e. The molecule has 0 amide bonds. The number of nitrogens with two attached hydrogens (primary N) is 1. The molecule has 112 valence electrons. The number of hydrogen-bond donors (Lipinski definition) is 2. The van der Waals surface area contributed by atoms with Crippen LogP contribution in [0.3, 0.4) is 0 Å². The molecule has 2 aromatic rings. The van der Waals surface area contributed by atoms with Crippen LogP contribution in [-0.4, -0.2) is 23.9 Å². The molecule has 0 spiro atoms. The van der Waals surface area contributed by atoms with Crippen LogP contribution < -0.4 is 10.5 Å². The fourth-order valence-corrected chi connectivity index (χ4v) is 2.31. The Morgan fingerprint density at radius 1 is 1.00 bits per heavy atom. The van der Waals surface area contributed by atoms with Gasteiger partial charge in [-0.25, -0.2) is 0 Å². The van der Waals surface area contributed by atoms with Crippen molar-refractivity contribution in [3.63, 3.8) is 0 Å². The normalized spacial score (nSPS) is 13.7. The standard InChI is InChI=1S/C18H23NO2/c1-2-6-17(19)18(13-20)21-16-11-9-15(10-12-16)14-7-4-3-5-8-14/h3-5,7-12,17-18,20H,2,6,13,19H2,1H3. The van der Waals surface area contributed by atoms with Crippen molar-refractivity contribution in [1.82, 2.24) is 0 Å². The molecule has 0 fully saturated rings. The van der Waals surface area contributed by atoms with Gasteiger partial charge in [-0.2, -0.15) is 0 Å². The zero-order chi connectivity index (χ0) is 15.1. The van der Waals surface area contributed by atoms with E-state index in [9.17, 15) is 5.11 Å². The zero-order valence-corrected chi connectivity index (χ0v) is 12.4. The van der Waals surface area contributed by atoms with E-state index in [4.69, 9.17) is 10.5 Å². The maximum atomic E-state index is 9.41. The Bertz CT molecular complexity index is 525. The van der Waals surface area contributed by atoms with E-state index >= 15 is 0 Å². The Kier molecular flexibility index (Phi) is 5.78. The quantitative estimate of drug-likeness (QED) is 0.821. The third-order valence-electron chi connectivity index (χ3n) is 3.53. The first-order valence-corrected chi connectivity index (χ1v) is 7.43.